The van der Waals surface area contributed by atoms with Crippen molar-refractivity contribution in [2.75, 3.05) is 31.8 Å². The van der Waals surface area contributed by atoms with Gasteiger partial charge in [0.2, 0.25) is 0 Å². The van der Waals surface area contributed by atoms with Gasteiger partial charge in [-0.3, -0.25) is 0 Å². The molecule has 0 radical (unpaired) electrons. The summed E-state index contributed by atoms with van der Waals surface area (Å²) >= 11 is 0. The first-order chi connectivity index (χ1) is 13.2. The van der Waals surface area contributed by atoms with Crippen molar-refractivity contribution in [3.05, 3.63) is 59.2 Å². The third kappa shape index (κ3) is 6.54. The number of carbonyl (C=O) groups excluding carboxylic acids is 1. The van der Waals surface area contributed by atoms with Gasteiger partial charge in [0.25, 0.3) is 0 Å². The predicted octanol–water partition coefficient (Wildman–Crippen LogP) is 3.32. The third-order valence-electron chi connectivity index (χ3n) is 4.11. The summed E-state index contributed by atoms with van der Waals surface area (Å²) in [4.78, 5) is 14.5. The fourth-order valence-corrected chi connectivity index (χ4v) is 3.16. The molecule has 0 heterocycles. The predicted molar refractivity (Wildman–Crippen MR) is 109 cm³/mol. The van der Waals surface area contributed by atoms with E-state index in [0.29, 0.717) is 19.7 Å². The SMILES string of the molecule is COCCN(Cc1ccc(OS(C)(=O)=O)cc1)C(=O)Nc1c(C)cccc1C. The molecule has 1 N–H and O–H groups in total. The van der Waals surface area contributed by atoms with Crippen LogP contribution >= 0.6 is 0 Å². The van der Waals surface area contributed by atoms with Gasteiger partial charge < -0.3 is 19.1 Å². The van der Waals surface area contributed by atoms with Gasteiger partial charge in [-0.2, -0.15) is 8.42 Å². The number of aryl methyl sites for hydroxylation is 2. The summed E-state index contributed by atoms with van der Waals surface area (Å²) in [5.74, 6) is 0.231. The summed E-state index contributed by atoms with van der Waals surface area (Å²) in [6.45, 7) is 5.05. The van der Waals surface area contributed by atoms with Crippen LogP contribution in [0.4, 0.5) is 10.5 Å². The van der Waals surface area contributed by atoms with E-state index >= 15 is 0 Å². The second kappa shape index (κ2) is 9.57. The number of hydrogen-bond donors (Lipinski definition) is 1. The molecule has 0 unspecified atom stereocenters. The van der Waals surface area contributed by atoms with Crippen molar-refractivity contribution >= 4 is 21.8 Å². The van der Waals surface area contributed by atoms with Gasteiger partial charge in [0, 0.05) is 25.9 Å². The zero-order chi connectivity index (χ0) is 20.7. The van der Waals surface area contributed by atoms with Crippen molar-refractivity contribution in [2.45, 2.75) is 20.4 Å². The molecule has 152 valence electrons. The first-order valence-corrected chi connectivity index (χ1v) is 10.6. The molecule has 2 amide bonds. The zero-order valence-electron chi connectivity index (χ0n) is 16.6. The molecule has 2 aromatic rings. The van der Waals surface area contributed by atoms with E-state index in [9.17, 15) is 13.2 Å². The van der Waals surface area contributed by atoms with Gasteiger partial charge in [-0.1, -0.05) is 30.3 Å². The number of hydrogen-bond acceptors (Lipinski definition) is 5. The van der Waals surface area contributed by atoms with Crippen LogP contribution in [0, 0.1) is 13.8 Å². The molecule has 0 spiro atoms. The largest absolute Gasteiger partial charge is 0.383 e. The standard InChI is InChI=1S/C20H26N2O5S/c1-15-6-5-7-16(2)19(15)21-20(23)22(12-13-26-3)14-17-8-10-18(11-9-17)27-28(4,24)25/h5-11H,12-14H2,1-4H3,(H,21,23). The van der Waals surface area contributed by atoms with Crippen LogP contribution in [-0.2, 0) is 21.4 Å². The molecular formula is C20H26N2O5S. The maximum Gasteiger partial charge on any atom is 0.322 e. The Morgan fingerprint density at radius 1 is 1.07 bits per heavy atom. The highest BCUT2D eigenvalue weighted by atomic mass is 32.2. The van der Waals surface area contributed by atoms with Gasteiger partial charge in [-0.25, -0.2) is 4.79 Å². The molecule has 0 fully saturated rings. The molecule has 2 rings (SSSR count). The lowest BCUT2D eigenvalue weighted by Gasteiger charge is -2.24. The maximum atomic E-state index is 12.8. The number of rotatable bonds is 8. The van der Waals surface area contributed by atoms with Crippen molar-refractivity contribution in [1.29, 1.82) is 0 Å². The van der Waals surface area contributed by atoms with Crippen molar-refractivity contribution in [3.8, 4) is 5.75 Å². The van der Waals surface area contributed by atoms with Crippen LogP contribution in [0.25, 0.3) is 0 Å². The molecule has 28 heavy (non-hydrogen) atoms. The lowest BCUT2D eigenvalue weighted by Crippen LogP contribution is -2.37. The number of nitrogens with zero attached hydrogens (tertiary/aromatic N) is 1. The van der Waals surface area contributed by atoms with Crippen LogP contribution in [0.1, 0.15) is 16.7 Å². The molecule has 2 aromatic carbocycles. The van der Waals surface area contributed by atoms with Crippen LogP contribution in [0.3, 0.4) is 0 Å². The van der Waals surface area contributed by atoms with E-state index in [-0.39, 0.29) is 11.8 Å². The Kier molecular flexibility index (Phi) is 7.42. The number of methoxy groups -OCH3 is 1. The van der Waals surface area contributed by atoms with Crippen LogP contribution in [-0.4, -0.2) is 45.9 Å². The molecule has 0 saturated heterocycles. The van der Waals surface area contributed by atoms with Crippen LogP contribution in [0.2, 0.25) is 0 Å². The summed E-state index contributed by atoms with van der Waals surface area (Å²) in [5.41, 5.74) is 3.62. The molecule has 0 aliphatic rings. The van der Waals surface area contributed by atoms with Crippen molar-refractivity contribution < 1.29 is 22.1 Å². The van der Waals surface area contributed by atoms with E-state index in [4.69, 9.17) is 8.92 Å². The second-order valence-corrected chi connectivity index (χ2v) is 8.12. The van der Waals surface area contributed by atoms with E-state index in [1.807, 2.05) is 32.0 Å². The molecule has 0 aliphatic heterocycles. The first kappa shape index (κ1) is 21.7. The number of anilines is 1. The normalized spacial score (nSPS) is 11.1. The van der Waals surface area contributed by atoms with E-state index in [0.717, 1.165) is 28.6 Å². The Morgan fingerprint density at radius 3 is 2.21 bits per heavy atom. The lowest BCUT2D eigenvalue weighted by atomic mass is 10.1. The van der Waals surface area contributed by atoms with Gasteiger partial charge in [0.1, 0.15) is 5.75 Å². The van der Waals surface area contributed by atoms with E-state index in [1.165, 1.54) is 0 Å². The summed E-state index contributed by atoms with van der Waals surface area (Å²) in [7, 11) is -1.99. The summed E-state index contributed by atoms with van der Waals surface area (Å²) in [6, 6.07) is 12.2. The number of carbonyl (C=O) groups is 1. The quantitative estimate of drug-likeness (QED) is 0.680. The van der Waals surface area contributed by atoms with Crippen LogP contribution in [0.15, 0.2) is 42.5 Å². The summed E-state index contributed by atoms with van der Waals surface area (Å²) in [6.07, 6.45) is 0.991. The molecule has 0 aromatic heterocycles. The molecule has 0 saturated carbocycles. The first-order valence-electron chi connectivity index (χ1n) is 8.79. The minimum Gasteiger partial charge on any atom is -0.383 e. The lowest BCUT2D eigenvalue weighted by molar-refractivity contribution is 0.153. The molecule has 7 nitrogen and oxygen atoms in total. The van der Waals surface area contributed by atoms with E-state index in [2.05, 4.69) is 5.32 Å². The zero-order valence-corrected chi connectivity index (χ0v) is 17.4. The van der Waals surface area contributed by atoms with Crippen LogP contribution in [0.5, 0.6) is 5.75 Å². The molecule has 0 bridgehead atoms. The number of ether oxygens (including phenoxy) is 1. The highest BCUT2D eigenvalue weighted by Gasteiger charge is 2.16. The van der Waals surface area contributed by atoms with Gasteiger partial charge in [-0.15, -0.1) is 0 Å². The Hall–Kier alpha value is -2.58. The Balaban J connectivity index is 2.13. The monoisotopic (exact) mass is 406 g/mol. The number of nitrogens with one attached hydrogen (secondary N) is 1. The number of benzene rings is 2. The maximum absolute atomic E-state index is 12.8. The van der Waals surface area contributed by atoms with E-state index in [1.54, 1.807) is 36.3 Å². The highest BCUT2D eigenvalue weighted by molar-refractivity contribution is 7.86. The average molecular weight is 407 g/mol. The topological polar surface area (TPSA) is 84.9 Å². The minimum absolute atomic E-state index is 0.231. The molecule has 8 heteroatoms. The second-order valence-electron chi connectivity index (χ2n) is 6.54. The van der Waals surface area contributed by atoms with Crippen molar-refractivity contribution in [2.24, 2.45) is 0 Å². The van der Waals surface area contributed by atoms with Gasteiger partial charge in [-0.05, 0) is 42.7 Å². The fraction of sp³-hybridized carbons (Fsp3) is 0.350. The van der Waals surface area contributed by atoms with Crippen LogP contribution < -0.4 is 9.50 Å². The number of urea groups is 1. The smallest absolute Gasteiger partial charge is 0.322 e. The highest BCUT2D eigenvalue weighted by Crippen LogP contribution is 2.21. The average Bonchev–Trinajstić information content (AvgIpc) is 2.62. The number of para-hydroxylation sites is 1. The third-order valence-corrected chi connectivity index (χ3v) is 4.61. The summed E-state index contributed by atoms with van der Waals surface area (Å²) < 4.78 is 32.4. The minimum atomic E-state index is -3.57. The molecule has 0 aliphatic carbocycles. The van der Waals surface area contributed by atoms with E-state index < -0.39 is 10.1 Å². The van der Waals surface area contributed by atoms with Gasteiger partial charge in [0.05, 0.1) is 12.9 Å². The van der Waals surface area contributed by atoms with Gasteiger partial charge >= 0.3 is 16.1 Å². The van der Waals surface area contributed by atoms with Crippen molar-refractivity contribution in [1.82, 2.24) is 4.90 Å². The van der Waals surface area contributed by atoms with Gasteiger partial charge in [0.15, 0.2) is 0 Å². The molecular weight excluding hydrogens is 380 g/mol. The summed E-state index contributed by atoms with van der Waals surface area (Å²) in [5, 5.41) is 2.98. The Bertz CT molecular complexity index is 890. The Labute approximate surface area is 166 Å². The molecule has 0 atom stereocenters. The number of amides is 2. The van der Waals surface area contributed by atoms with Crippen molar-refractivity contribution in [3.63, 3.8) is 0 Å². The fourth-order valence-electron chi connectivity index (χ4n) is 2.70. The Morgan fingerprint density at radius 2 is 1.68 bits per heavy atom.